The van der Waals surface area contributed by atoms with Gasteiger partial charge in [-0.05, 0) is 72.9 Å². The summed E-state index contributed by atoms with van der Waals surface area (Å²) in [6.45, 7) is -1.00. The van der Waals surface area contributed by atoms with Crippen molar-refractivity contribution in [2.24, 2.45) is 5.14 Å². The number of carbonyl (C=O) groups excluding carboxylic acids is 1. The number of benzene rings is 2. The first-order chi connectivity index (χ1) is 19.2. The van der Waals surface area contributed by atoms with Crippen LogP contribution in [0.15, 0.2) is 46.2 Å². The van der Waals surface area contributed by atoms with Crippen LogP contribution in [0, 0.1) is 12.7 Å². The van der Waals surface area contributed by atoms with Gasteiger partial charge in [-0.3, -0.25) is 4.79 Å². The van der Waals surface area contributed by atoms with Gasteiger partial charge in [0.25, 0.3) is 0 Å². The number of alkyl halides is 2. The lowest BCUT2D eigenvalue weighted by Crippen LogP contribution is -2.42. The zero-order chi connectivity index (χ0) is 29.9. The smallest absolute Gasteiger partial charge is 0.387 e. The fourth-order valence-electron chi connectivity index (χ4n) is 4.60. The minimum absolute atomic E-state index is 0.0547. The standard InChI is InChI=1S/C24H27F3N6O6S2/c1-15-29-31-33(30-15)14-17-12-18(39-24(26)27)4-2-16(17)3-7-23(34)32-10-8-19(9-11-32)40(35,36)22-6-5-20(13-21(22)25)41(28,37)38/h2,4-6,12-13,19,24H,3,7-11,14H2,1H3,(H2,28,37,38). The second-order valence-corrected chi connectivity index (χ2v) is 13.2. The maximum absolute atomic E-state index is 14.5. The Balaban J connectivity index is 1.39. The van der Waals surface area contributed by atoms with Crippen molar-refractivity contribution in [1.82, 2.24) is 25.1 Å². The summed E-state index contributed by atoms with van der Waals surface area (Å²) in [6, 6.07) is 6.77. The van der Waals surface area contributed by atoms with Crippen molar-refractivity contribution in [3.63, 3.8) is 0 Å². The number of likely N-dealkylation sites (tertiary alicyclic amines) is 1. The molecule has 0 unspecified atom stereocenters. The van der Waals surface area contributed by atoms with Crippen LogP contribution in [0.4, 0.5) is 13.2 Å². The molecule has 12 nitrogen and oxygen atoms in total. The highest BCUT2D eigenvalue weighted by molar-refractivity contribution is 7.92. The van der Waals surface area contributed by atoms with E-state index in [2.05, 4.69) is 20.1 Å². The number of ether oxygens (including phenoxy) is 1. The van der Waals surface area contributed by atoms with Gasteiger partial charge in [0, 0.05) is 19.5 Å². The van der Waals surface area contributed by atoms with Crippen LogP contribution in [-0.4, -0.2) is 72.8 Å². The molecule has 0 spiro atoms. The number of halogens is 3. The molecule has 17 heteroatoms. The quantitative estimate of drug-likeness (QED) is 0.357. The van der Waals surface area contributed by atoms with Gasteiger partial charge in [-0.15, -0.1) is 10.2 Å². The second-order valence-electron chi connectivity index (χ2n) is 9.44. The van der Waals surface area contributed by atoms with Crippen LogP contribution in [-0.2, 0) is 37.6 Å². The maximum atomic E-state index is 14.5. The van der Waals surface area contributed by atoms with E-state index >= 15 is 0 Å². The van der Waals surface area contributed by atoms with Crippen LogP contribution >= 0.6 is 0 Å². The van der Waals surface area contributed by atoms with Gasteiger partial charge >= 0.3 is 6.61 Å². The highest BCUT2D eigenvalue weighted by atomic mass is 32.2. The molecule has 41 heavy (non-hydrogen) atoms. The molecule has 2 N–H and O–H groups in total. The zero-order valence-electron chi connectivity index (χ0n) is 21.8. The first-order valence-electron chi connectivity index (χ1n) is 12.4. The average Bonchev–Trinajstić information content (AvgIpc) is 3.31. The number of tetrazole rings is 1. The highest BCUT2D eigenvalue weighted by Crippen LogP contribution is 2.28. The molecule has 2 heterocycles. The van der Waals surface area contributed by atoms with E-state index in [0.717, 1.165) is 12.1 Å². The van der Waals surface area contributed by atoms with Crippen LogP contribution in [0.5, 0.6) is 5.75 Å². The minimum atomic E-state index is -4.21. The van der Waals surface area contributed by atoms with Gasteiger partial charge in [0.05, 0.1) is 16.7 Å². The molecule has 4 rings (SSSR count). The molecule has 1 saturated heterocycles. The van der Waals surface area contributed by atoms with Crippen molar-refractivity contribution in [2.75, 3.05) is 13.1 Å². The van der Waals surface area contributed by atoms with Crippen LogP contribution < -0.4 is 9.88 Å². The Hall–Kier alpha value is -3.57. The zero-order valence-corrected chi connectivity index (χ0v) is 23.4. The monoisotopic (exact) mass is 616 g/mol. The molecule has 222 valence electrons. The molecule has 0 aliphatic carbocycles. The largest absolute Gasteiger partial charge is 0.435 e. The van der Waals surface area contributed by atoms with Crippen LogP contribution in [0.3, 0.4) is 0 Å². The molecule has 1 fully saturated rings. The maximum Gasteiger partial charge on any atom is 0.387 e. The van der Waals surface area contributed by atoms with Crippen molar-refractivity contribution >= 4 is 25.8 Å². The molecule has 2 aromatic carbocycles. The number of carbonyl (C=O) groups is 1. The molecular formula is C24H27F3N6O6S2. The Morgan fingerprint density at radius 1 is 1.10 bits per heavy atom. The number of nitrogens with two attached hydrogens (primary N) is 1. The van der Waals surface area contributed by atoms with Gasteiger partial charge < -0.3 is 9.64 Å². The van der Waals surface area contributed by atoms with Crippen molar-refractivity contribution in [3.8, 4) is 5.75 Å². The fraction of sp³-hybridized carbons (Fsp3) is 0.417. The van der Waals surface area contributed by atoms with Gasteiger partial charge in [-0.1, -0.05) is 6.07 Å². The van der Waals surface area contributed by atoms with Gasteiger partial charge in [-0.25, -0.2) is 26.4 Å². The van der Waals surface area contributed by atoms with E-state index in [1.54, 1.807) is 13.0 Å². The third-order valence-corrected chi connectivity index (χ3v) is 9.85. The van der Waals surface area contributed by atoms with Crippen molar-refractivity contribution in [2.45, 2.75) is 60.8 Å². The van der Waals surface area contributed by atoms with E-state index < -0.39 is 47.3 Å². The first-order valence-corrected chi connectivity index (χ1v) is 15.5. The lowest BCUT2D eigenvalue weighted by atomic mass is 10.0. The molecule has 1 aliphatic rings. The Kier molecular flexibility index (Phi) is 8.98. The van der Waals surface area contributed by atoms with Gasteiger partial charge in [-0.2, -0.15) is 13.6 Å². The normalized spacial score (nSPS) is 14.9. The molecule has 0 saturated carbocycles. The minimum Gasteiger partial charge on any atom is -0.435 e. The predicted molar refractivity (Wildman–Crippen MR) is 138 cm³/mol. The van der Waals surface area contributed by atoms with Gasteiger partial charge in [0.15, 0.2) is 15.7 Å². The molecule has 0 atom stereocenters. The van der Waals surface area contributed by atoms with Gasteiger partial charge in [0.1, 0.15) is 16.5 Å². The Bertz CT molecular complexity index is 1640. The molecule has 3 aromatic rings. The van der Waals surface area contributed by atoms with E-state index in [-0.39, 0.29) is 57.0 Å². The van der Waals surface area contributed by atoms with Crippen LogP contribution in [0.25, 0.3) is 0 Å². The average molecular weight is 617 g/mol. The number of nitrogens with zero attached hydrogens (tertiary/aromatic N) is 5. The molecule has 1 aliphatic heterocycles. The first kappa shape index (κ1) is 30.4. The number of hydrogen-bond donors (Lipinski definition) is 1. The SMILES string of the molecule is Cc1nnn(Cc2cc(OC(F)F)ccc2CCC(=O)N2CCC(S(=O)(=O)c3ccc(S(N)(=O)=O)cc3F)CC2)n1. The van der Waals surface area contributed by atoms with E-state index in [4.69, 9.17) is 5.14 Å². The topological polar surface area (TPSA) is 167 Å². The van der Waals surface area contributed by atoms with Crippen molar-refractivity contribution in [1.29, 1.82) is 0 Å². The second kappa shape index (κ2) is 12.1. The van der Waals surface area contributed by atoms with Crippen LogP contribution in [0.1, 0.15) is 36.2 Å². The number of aryl methyl sites for hydroxylation is 2. The number of rotatable bonds is 10. The van der Waals surface area contributed by atoms with Crippen molar-refractivity contribution in [3.05, 3.63) is 59.2 Å². The summed E-state index contributed by atoms with van der Waals surface area (Å²) in [7, 11) is -8.34. The molecule has 0 radical (unpaired) electrons. The number of sulfone groups is 1. The number of sulfonamides is 1. The van der Waals surface area contributed by atoms with E-state index in [1.807, 2.05) is 0 Å². The number of amides is 1. The summed E-state index contributed by atoms with van der Waals surface area (Å²) in [5.74, 6) is -1.08. The Morgan fingerprint density at radius 2 is 1.80 bits per heavy atom. The Labute approximate surface area is 234 Å². The number of primary sulfonamides is 1. The lowest BCUT2D eigenvalue weighted by molar-refractivity contribution is -0.132. The summed E-state index contributed by atoms with van der Waals surface area (Å²) in [5.41, 5.74) is 1.25. The van der Waals surface area contributed by atoms with E-state index in [0.29, 0.717) is 23.0 Å². The van der Waals surface area contributed by atoms with E-state index in [9.17, 15) is 34.8 Å². The molecule has 1 amide bonds. The Morgan fingerprint density at radius 3 is 2.39 bits per heavy atom. The number of piperidine rings is 1. The van der Waals surface area contributed by atoms with Gasteiger partial charge in [0.2, 0.25) is 15.9 Å². The molecule has 0 bridgehead atoms. The number of aromatic nitrogens is 4. The lowest BCUT2D eigenvalue weighted by Gasteiger charge is -2.32. The summed E-state index contributed by atoms with van der Waals surface area (Å²) in [4.78, 5) is 14.6. The number of hydrogen-bond acceptors (Lipinski definition) is 9. The third kappa shape index (κ3) is 7.39. The summed E-state index contributed by atoms with van der Waals surface area (Å²) >= 11 is 0. The third-order valence-electron chi connectivity index (χ3n) is 6.65. The van der Waals surface area contributed by atoms with Crippen LogP contribution in [0.2, 0.25) is 0 Å². The summed E-state index contributed by atoms with van der Waals surface area (Å²) in [6.07, 6.45) is 0.447. The highest BCUT2D eigenvalue weighted by Gasteiger charge is 2.34. The molecular weight excluding hydrogens is 589 g/mol. The predicted octanol–water partition coefficient (Wildman–Crippen LogP) is 1.82. The summed E-state index contributed by atoms with van der Waals surface area (Å²) in [5, 5.41) is 15.8. The van der Waals surface area contributed by atoms with Crippen molar-refractivity contribution < 1.29 is 39.5 Å². The molecule has 1 aromatic heterocycles. The van der Waals surface area contributed by atoms with E-state index in [1.165, 1.54) is 21.8 Å². The fourth-order valence-corrected chi connectivity index (χ4v) is 6.90. The summed E-state index contributed by atoms with van der Waals surface area (Å²) < 4.78 is 93.4.